The predicted molar refractivity (Wildman–Crippen MR) is 156 cm³/mol. The molecule has 13 atom stereocenters. The molecule has 4 aliphatic carbocycles. The minimum Gasteiger partial charge on any atom is -0.467 e. The summed E-state index contributed by atoms with van der Waals surface area (Å²) in [7, 11) is 6.30. The number of esters is 1. The Balaban J connectivity index is 1.72. The van der Waals surface area contributed by atoms with Gasteiger partial charge in [0.25, 0.3) is 0 Å². The SMILES string of the molecule is CC[C@H]1[C@@H](OCOC)[C@@H]2[C@H](C[C@H](OCOC)[C@]3(C)[C@@H]([C@H](C)C[C@H](F)C(=O)OC)CC[C@@H]23)[C@@]2(C)CC[C@@H](OCOC)C[C@@H]12. The van der Waals surface area contributed by atoms with Crippen LogP contribution in [0.1, 0.15) is 79.1 Å². The van der Waals surface area contributed by atoms with Crippen molar-refractivity contribution in [3.63, 3.8) is 0 Å². The fourth-order valence-electron chi connectivity index (χ4n) is 10.6. The van der Waals surface area contributed by atoms with Crippen molar-refractivity contribution in [1.82, 2.24) is 0 Å². The van der Waals surface area contributed by atoms with Gasteiger partial charge in [0, 0.05) is 26.7 Å². The lowest BCUT2D eigenvalue weighted by molar-refractivity contribution is -0.267. The second-order valence-electron chi connectivity index (χ2n) is 14.0. The van der Waals surface area contributed by atoms with Crippen LogP contribution in [-0.2, 0) is 38.0 Å². The van der Waals surface area contributed by atoms with Gasteiger partial charge >= 0.3 is 5.97 Å². The Hall–Kier alpha value is -0.840. The Kier molecular flexibility index (Phi) is 11.8. The zero-order chi connectivity index (χ0) is 30.7. The first-order valence-corrected chi connectivity index (χ1v) is 16.2. The van der Waals surface area contributed by atoms with E-state index in [9.17, 15) is 9.18 Å². The van der Waals surface area contributed by atoms with Gasteiger partial charge in [-0.1, -0.05) is 34.1 Å². The monoisotopic (exact) mass is 600 g/mol. The van der Waals surface area contributed by atoms with Crippen LogP contribution in [0, 0.1) is 52.3 Å². The Bertz CT molecular complexity index is 875. The Labute approximate surface area is 253 Å². The van der Waals surface area contributed by atoms with Crippen LogP contribution in [-0.4, -0.2) is 79.3 Å². The number of alkyl halides is 1. The maximum Gasteiger partial charge on any atom is 0.340 e. The molecule has 9 heteroatoms. The molecule has 4 saturated carbocycles. The molecule has 0 radical (unpaired) electrons. The predicted octanol–water partition coefficient (Wildman–Crippen LogP) is 6.01. The maximum absolute atomic E-state index is 14.9. The zero-order valence-electron chi connectivity index (χ0n) is 27.3. The highest BCUT2D eigenvalue weighted by Gasteiger charge is 2.68. The molecule has 8 nitrogen and oxygen atoms in total. The number of carbonyl (C=O) groups is 1. The normalized spacial score (nSPS) is 42.7. The summed E-state index contributed by atoms with van der Waals surface area (Å²) in [6.45, 7) is 10.1. The van der Waals surface area contributed by atoms with Gasteiger partial charge in [-0.25, -0.2) is 9.18 Å². The highest BCUT2D eigenvalue weighted by molar-refractivity contribution is 5.74. The number of carbonyl (C=O) groups excluding carboxylic acids is 1. The van der Waals surface area contributed by atoms with Crippen LogP contribution in [0.5, 0.6) is 0 Å². The highest BCUT2D eigenvalue weighted by Crippen LogP contribution is 2.70. The Morgan fingerprint density at radius 3 is 2.19 bits per heavy atom. The third-order valence-corrected chi connectivity index (χ3v) is 12.4. The van der Waals surface area contributed by atoms with E-state index in [4.69, 9.17) is 33.2 Å². The van der Waals surface area contributed by atoms with E-state index in [0.717, 1.165) is 44.9 Å². The van der Waals surface area contributed by atoms with E-state index < -0.39 is 12.1 Å². The second kappa shape index (κ2) is 14.5. The summed E-state index contributed by atoms with van der Waals surface area (Å²) >= 11 is 0. The summed E-state index contributed by atoms with van der Waals surface area (Å²) in [4.78, 5) is 12.0. The number of fused-ring (bicyclic) bond motifs is 5. The smallest absolute Gasteiger partial charge is 0.340 e. The van der Waals surface area contributed by atoms with Gasteiger partial charge in [-0.05, 0) is 91.8 Å². The number of methoxy groups -OCH3 is 4. The molecule has 0 unspecified atom stereocenters. The van der Waals surface area contributed by atoms with Gasteiger partial charge in [-0.15, -0.1) is 0 Å². The number of halogens is 1. The number of hydrogen-bond donors (Lipinski definition) is 0. The fourth-order valence-corrected chi connectivity index (χ4v) is 10.6. The van der Waals surface area contributed by atoms with E-state index in [1.165, 1.54) is 7.11 Å². The lowest BCUT2D eigenvalue weighted by atomic mass is 9.40. The molecule has 42 heavy (non-hydrogen) atoms. The Morgan fingerprint density at radius 2 is 1.55 bits per heavy atom. The van der Waals surface area contributed by atoms with E-state index in [0.29, 0.717) is 36.4 Å². The molecule has 4 fully saturated rings. The van der Waals surface area contributed by atoms with E-state index in [1.807, 2.05) is 0 Å². The van der Waals surface area contributed by atoms with Crippen LogP contribution in [0.4, 0.5) is 4.39 Å². The number of ether oxygens (including phenoxy) is 7. The summed E-state index contributed by atoms with van der Waals surface area (Å²) in [6, 6.07) is 0. The molecule has 0 aromatic rings. The summed E-state index contributed by atoms with van der Waals surface area (Å²) in [5.41, 5.74) is -0.0796. The van der Waals surface area contributed by atoms with Crippen molar-refractivity contribution < 1.29 is 42.3 Å². The molecule has 0 heterocycles. The maximum atomic E-state index is 14.9. The first kappa shape index (κ1) is 34.0. The summed E-state index contributed by atoms with van der Waals surface area (Å²) < 4.78 is 55.3. The fraction of sp³-hybridized carbons (Fsp3) is 0.970. The van der Waals surface area contributed by atoms with E-state index in [2.05, 4.69) is 27.7 Å². The lowest BCUT2D eigenvalue weighted by Gasteiger charge is -2.66. The van der Waals surface area contributed by atoms with Gasteiger partial charge in [-0.2, -0.15) is 0 Å². The molecular weight excluding hydrogens is 543 g/mol. The zero-order valence-corrected chi connectivity index (χ0v) is 27.3. The number of rotatable bonds is 14. The third-order valence-electron chi connectivity index (χ3n) is 12.4. The van der Waals surface area contributed by atoms with E-state index >= 15 is 0 Å². The van der Waals surface area contributed by atoms with Gasteiger partial charge in [0.05, 0.1) is 25.4 Å². The third kappa shape index (κ3) is 6.17. The second-order valence-corrected chi connectivity index (χ2v) is 14.0. The van der Waals surface area contributed by atoms with Crippen LogP contribution in [0.25, 0.3) is 0 Å². The van der Waals surface area contributed by atoms with Gasteiger partial charge in [0.1, 0.15) is 20.4 Å². The first-order chi connectivity index (χ1) is 20.1. The van der Waals surface area contributed by atoms with Crippen molar-refractivity contribution in [3.05, 3.63) is 0 Å². The molecule has 0 saturated heterocycles. The van der Waals surface area contributed by atoms with Crippen LogP contribution < -0.4 is 0 Å². The Morgan fingerprint density at radius 1 is 0.881 bits per heavy atom. The van der Waals surface area contributed by atoms with Crippen LogP contribution >= 0.6 is 0 Å². The molecule has 4 rings (SSSR count). The summed E-state index contributed by atoms with van der Waals surface area (Å²) in [6.07, 6.45) is 5.86. The molecule has 0 amide bonds. The van der Waals surface area contributed by atoms with Crippen molar-refractivity contribution in [2.45, 2.75) is 104 Å². The van der Waals surface area contributed by atoms with Gasteiger partial charge in [-0.3, -0.25) is 0 Å². The summed E-state index contributed by atoms with van der Waals surface area (Å²) in [5, 5.41) is 0. The van der Waals surface area contributed by atoms with Crippen molar-refractivity contribution >= 4 is 5.97 Å². The lowest BCUT2D eigenvalue weighted by Crippen LogP contribution is -2.66. The van der Waals surface area contributed by atoms with Gasteiger partial charge < -0.3 is 33.2 Å². The number of hydrogen-bond acceptors (Lipinski definition) is 8. The first-order valence-electron chi connectivity index (χ1n) is 16.2. The minimum atomic E-state index is -1.62. The molecule has 244 valence electrons. The molecular formula is C33H57FO8. The van der Waals surface area contributed by atoms with Crippen LogP contribution in [0.3, 0.4) is 0 Å². The molecule has 0 N–H and O–H groups in total. The van der Waals surface area contributed by atoms with Crippen LogP contribution in [0.2, 0.25) is 0 Å². The molecule has 0 spiro atoms. The molecule has 0 bridgehead atoms. The summed E-state index contributed by atoms with van der Waals surface area (Å²) in [5.74, 6) is 1.36. The molecule has 0 aromatic heterocycles. The average Bonchev–Trinajstić information content (AvgIpc) is 3.35. The van der Waals surface area contributed by atoms with Gasteiger partial charge in [0.15, 0.2) is 6.17 Å². The van der Waals surface area contributed by atoms with E-state index in [1.54, 1.807) is 21.3 Å². The van der Waals surface area contributed by atoms with Crippen molar-refractivity contribution in [2.75, 3.05) is 48.8 Å². The van der Waals surface area contributed by atoms with E-state index in [-0.39, 0.29) is 61.0 Å². The molecule has 0 aliphatic heterocycles. The van der Waals surface area contributed by atoms with Crippen molar-refractivity contribution in [2.24, 2.45) is 52.3 Å². The minimum absolute atomic E-state index is 0.0000849. The largest absolute Gasteiger partial charge is 0.467 e. The average molecular weight is 601 g/mol. The highest BCUT2D eigenvalue weighted by atomic mass is 19.1. The molecule has 0 aromatic carbocycles. The van der Waals surface area contributed by atoms with Crippen molar-refractivity contribution in [3.8, 4) is 0 Å². The quantitative estimate of drug-likeness (QED) is 0.177. The topological polar surface area (TPSA) is 81.7 Å². The van der Waals surface area contributed by atoms with Crippen molar-refractivity contribution in [1.29, 1.82) is 0 Å². The molecule has 4 aliphatic rings. The van der Waals surface area contributed by atoms with Crippen LogP contribution in [0.15, 0.2) is 0 Å². The standard InChI is InChI=1S/C33H57FO8/c1-9-22-25-15-21(40-17-36-5)12-13-32(25,3)26-16-28(41-18-37-6)33(4)23(20(2)14-27(34)31(35)39-8)10-11-24(33)29(26)30(22)42-19-38-7/h20-30H,9-19H2,1-8H3/t20-,21-,22-,23-,24+,25+,26+,27+,28+,29+,30-,32+,33-/m1/s1. The van der Waals surface area contributed by atoms with Gasteiger partial charge in [0.2, 0.25) is 0 Å².